The van der Waals surface area contributed by atoms with Gasteiger partial charge in [-0.1, -0.05) is 25.1 Å². The van der Waals surface area contributed by atoms with Crippen LogP contribution in [0.15, 0.2) is 53.7 Å². The Labute approximate surface area is 208 Å². The molecule has 186 valence electrons. The predicted molar refractivity (Wildman–Crippen MR) is 134 cm³/mol. The van der Waals surface area contributed by atoms with Gasteiger partial charge in [-0.25, -0.2) is 9.18 Å². The highest BCUT2D eigenvalue weighted by Crippen LogP contribution is 2.27. The molecule has 2 aromatic carbocycles. The number of unbranched alkanes of at least 4 members (excludes halogenated alkanes) is 1. The highest BCUT2D eigenvalue weighted by atomic mass is 32.2. The number of nitrogens with one attached hydrogen (secondary N) is 1. The summed E-state index contributed by atoms with van der Waals surface area (Å²) in [5, 5.41) is 12.0. The molecule has 8 nitrogen and oxygen atoms in total. The Morgan fingerprint density at radius 1 is 1.11 bits per heavy atom. The van der Waals surface area contributed by atoms with Gasteiger partial charge in [0.05, 0.1) is 24.0 Å². The Morgan fingerprint density at radius 2 is 1.80 bits per heavy atom. The lowest BCUT2D eigenvalue weighted by Gasteiger charge is -2.20. The third-order valence-electron chi connectivity index (χ3n) is 5.36. The molecule has 0 fully saturated rings. The summed E-state index contributed by atoms with van der Waals surface area (Å²) in [6, 6.07) is 12.6. The number of amides is 1. The van der Waals surface area contributed by atoms with Crippen molar-refractivity contribution < 1.29 is 18.7 Å². The van der Waals surface area contributed by atoms with Crippen LogP contribution in [0.25, 0.3) is 5.69 Å². The van der Waals surface area contributed by atoms with E-state index in [0.29, 0.717) is 34.5 Å². The van der Waals surface area contributed by atoms with Crippen LogP contribution in [0.5, 0.6) is 0 Å². The molecule has 1 aromatic heterocycles. The number of nitrogens with zero attached hydrogens (tertiary/aromatic N) is 4. The molecule has 1 N–H and O–H groups in total. The minimum atomic E-state index is -0.380. The van der Waals surface area contributed by atoms with Gasteiger partial charge in [-0.2, -0.15) is 0 Å². The normalized spacial score (nSPS) is 11.9. The van der Waals surface area contributed by atoms with E-state index in [0.717, 1.165) is 12.8 Å². The molecule has 3 rings (SSSR count). The molecule has 35 heavy (non-hydrogen) atoms. The monoisotopic (exact) mass is 499 g/mol. The van der Waals surface area contributed by atoms with Crippen LogP contribution in [0.1, 0.15) is 48.9 Å². The van der Waals surface area contributed by atoms with E-state index >= 15 is 0 Å². The number of rotatable bonds is 11. The Bertz CT molecular complexity index is 1130. The Balaban J connectivity index is 1.66. The summed E-state index contributed by atoms with van der Waals surface area (Å²) in [7, 11) is 3.87. The molecule has 1 amide bonds. The number of esters is 1. The van der Waals surface area contributed by atoms with Crippen molar-refractivity contribution in [3.8, 4) is 5.69 Å². The van der Waals surface area contributed by atoms with E-state index in [2.05, 4.69) is 15.5 Å². The topological polar surface area (TPSA) is 89.3 Å². The number of anilines is 1. The zero-order chi connectivity index (χ0) is 25.4. The number of benzene rings is 2. The molecule has 10 heteroatoms. The van der Waals surface area contributed by atoms with Crippen molar-refractivity contribution >= 4 is 29.3 Å². The summed E-state index contributed by atoms with van der Waals surface area (Å²) in [6.45, 7) is 4.41. The first-order valence-corrected chi connectivity index (χ1v) is 12.4. The number of carbonyl (C=O) groups is 2. The van der Waals surface area contributed by atoms with Gasteiger partial charge in [0, 0.05) is 11.4 Å². The molecule has 0 aliphatic rings. The van der Waals surface area contributed by atoms with Crippen LogP contribution < -0.4 is 5.32 Å². The van der Waals surface area contributed by atoms with E-state index in [-0.39, 0.29) is 29.5 Å². The van der Waals surface area contributed by atoms with Crippen LogP contribution in [-0.4, -0.2) is 58.0 Å². The lowest BCUT2D eigenvalue weighted by atomic mass is 10.2. The molecule has 0 aliphatic carbocycles. The Hall–Kier alpha value is -3.24. The number of halogens is 1. The Kier molecular flexibility index (Phi) is 9.39. The second-order valence-corrected chi connectivity index (χ2v) is 9.14. The third-order valence-corrected chi connectivity index (χ3v) is 6.29. The summed E-state index contributed by atoms with van der Waals surface area (Å²) >= 11 is 1.23. The van der Waals surface area contributed by atoms with E-state index in [1.54, 1.807) is 36.4 Å². The van der Waals surface area contributed by atoms with Crippen molar-refractivity contribution in [1.82, 2.24) is 19.7 Å². The SMILES string of the molecule is CCCCOC(=O)c1ccc(NC(=O)CSc2nnc(C(C)N(C)C)n2-c2ccc(F)cc2)cc1. The number of carbonyl (C=O) groups excluding carboxylic acids is 2. The quantitative estimate of drug-likeness (QED) is 0.232. The molecule has 0 spiro atoms. The van der Waals surface area contributed by atoms with E-state index < -0.39 is 0 Å². The lowest BCUT2D eigenvalue weighted by molar-refractivity contribution is -0.113. The molecule has 1 atom stereocenters. The Morgan fingerprint density at radius 3 is 2.43 bits per heavy atom. The summed E-state index contributed by atoms with van der Waals surface area (Å²) < 4.78 is 20.5. The maximum atomic E-state index is 13.5. The van der Waals surface area contributed by atoms with Gasteiger partial charge in [0.15, 0.2) is 11.0 Å². The van der Waals surface area contributed by atoms with Crippen LogP contribution in [0.3, 0.4) is 0 Å². The third kappa shape index (κ3) is 7.12. The standard InChI is InChI=1S/C25H30FN5O3S/c1-5-6-15-34-24(33)18-7-11-20(12-8-18)27-22(32)16-35-25-29-28-23(17(2)30(3)4)31(25)21-13-9-19(26)10-14-21/h7-14,17H,5-6,15-16H2,1-4H3,(H,27,32). The molecule has 0 radical (unpaired) electrons. The first-order chi connectivity index (χ1) is 16.8. The molecule has 1 unspecified atom stereocenters. The fraction of sp³-hybridized carbons (Fsp3) is 0.360. The summed E-state index contributed by atoms with van der Waals surface area (Å²) in [5.41, 5.74) is 1.72. The average Bonchev–Trinajstić information content (AvgIpc) is 3.27. The van der Waals surface area contributed by atoms with Gasteiger partial charge >= 0.3 is 5.97 Å². The second kappa shape index (κ2) is 12.5. The van der Waals surface area contributed by atoms with Gasteiger partial charge in [-0.05, 0) is 76.0 Å². The predicted octanol–water partition coefficient (Wildman–Crippen LogP) is 4.72. The van der Waals surface area contributed by atoms with Crippen LogP contribution in [0, 0.1) is 5.82 Å². The van der Waals surface area contributed by atoms with Crippen LogP contribution >= 0.6 is 11.8 Å². The van der Waals surface area contributed by atoms with Gasteiger partial charge < -0.3 is 10.1 Å². The molecule has 0 aliphatic heterocycles. The van der Waals surface area contributed by atoms with Crippen molar-refractivity contribution in [3.63, 3.8) is 0 Å². The van der Waals surface area contributed by atoms with Crippen LogP contribution in [-0.2, 0) is 9.53 Å². The maximum absolute atomic E-state index is 13.5. The van der Waals surface area contributed by atoms with Crippen molar-refractivity contribution in [2.45, 2.75) is 37.9 Å². The van der Waals surface area contributed by atoms with Crippen molar-refractivity contribution in [1.29, 1.82) is 0 Å². The number of thioether (sulfide) groups is 1. The van der Waals surface area contributed by atoms with E-state index in [1.165, 1.54) is 23.9 Å². The smallest absolute Gasteiger partial charge is 0.338 e. The fourth-order valence-electron chi connectivity index (χ4n) is 3.12. The molecule has 0 saturated carbocycles. The zero-order valence-corrected chi connectivity index (χ0v) is 21.1. The van der Waals surface area contributed by atoms with E-state index in [9.17, 15) is 14.0 Å². The van der Waals surface area contributed by atoms with Gasteiger partial charge in [-0.3, -0.25) is 14.3 Å². The first-order valence-electron chi connectivity index (χ1n) is 11.4. The summed E-state index contributed by atoms with van der Waals surface area (Å²) in [4.78, 5) is 26.6. The molecule has 0 saturated heterocycles. The second-order valence-electron chi connectivity index (χ2n) is 8.20. The number of ether oxygens (including phenoxy) is 1. The zero-order valence-electron chi connectivity index (χ0n) is 20.3. The summed E-state index contributed by atoms with van der Waals surface area (Å²) in [5.74, 6) is -0.168. The fourth-order valence-corrected chi connectivity index (χ4v) is 3.88. The van der Waals surface area contributed by atoms with Crippen molar-refractivity contribution in [3.05, 3.63) is 65.7 Å². The molecular formula is C25H30FN5O3S. The van der Waals surface area contributed by atoms with Crippen molar-refractivity contribution in [2.75, 3.05) is 31.8 Å². The number of hydrogen-bond acceptors (Lipinski definition) is 7. The minimum Gasteiger partial charge on any atom is -0.462 e. The van der Waals surface area contributed by atoms with Crippen LogP contribution in [0.4, 0.5) is 10.1 Å². The van der Waals surface area contributed by atoms with Gasteiger partial charge in [-0.15, -0.1) is 10.2 Å². The molecule has 1 heterocycles. The molecule has 3 aromatic rings. The van der Waals surface area contributed by atoms with Crippen LogP contribution in [0.2, 0.25) is 0 Å². The first kappa shape index (κ1) is 26.4. The van der Waals surface area contributed by atoms with Gasteiger partial charge in [0.1, 0.15) is 5.82 Å². The van der Waals surface area contributed by atoms with Gasteiger partial charge in [0.25, 0.3) is 0 Å². The molecule has 0 bridgehead atoms. The highest BCUT2D eigenvalue weighted by Gasteiger charge is 2.21. The maximum Gasteiger partial charge on any atom is 0.338 e. The van der Waals surface area contributed by atoms with Gasteiger partial charge in [0.2, 0.25) is 5.91 Å². The number of hydrogen-bond donors (Lipinski definition) is 1. The summed E-state index contributed by atoms with van der Waals surface area (Å²) in [6.07, 6.45) is 1.77. The van der Waals surface area contributed by atoms with E-state index in [4.69, 9.17) is 4.74 Å². The highest BCUT2D eigenvalue weighted by molar-refractivity contribution is 7.99. The average molecular weight is 500 g/mol. The molecular weight excluding hydrogens is 469 g/mol. The lowest BCUT2D eigenvalue weighted by Crippen LogP contribution is -2.21. The largest absolute Gasteiger partial charge is 0.462 e. The minimum absolute atomic E-state index is 0.0529. The number of aromatic nitrogens is 3. The van der Waals surface area contributed by atoms with E-state index in [1.807, 2.05) is 37.4 Å². The van der Waals surface area contributed by atoms with Crippen molar-refractivity contribution in [2.24, 2.45) is 0 Å².